The predicted octanol–water partition coefficient (Wildman–Crippen LogP) is 1.57. The first kappa shape index (κ1) is 14.4. The Hall–Kier alpha value is -3.04. The Morgan fingerprint density at radius 1 is 1.29 bits per heavy atom. The van der Waals surface area contributed by atoms with E-state index >= 15 is 0 Å². The van der Waals surface area contributed by atoms with Gasteiger partial charge >= 0.3 is 5.95 Å². The minimum absolute atomic E-state index is 0.0519. The molecule has 0 fully saturated rings. The molecule has 21 heavy (non-hydrogen) atoms. The topological polar surface area (TPSA) is 129 Å². The number of nitro benzene ring substituents is 1. The number of nitrogens with one attached hydrogen (secondary N) is 1. The van der Waals surface area contributed by atoms with E-state index in [9.17, 15) is 20.2 Å². The molecule has 0 saturated heterocycles. The maximum Gasteiger partial charge on any atom is 0.490 e. The van der Waals surface area contributed by atoms with Crippen LogP contribution in [0.1, 0.15) is 12.5 Å². The summed E-state index contributed by atoms with van der Waals surface area (Å²) in [4.78, 5) is 23.9. The minimum atomic E-state index is -0.699. The van der Waals surface area contributed by atoms with Crippen molar-refractivity contribution in [2.45, 2.75) is 13.5 Å². The average molecular weight is 292 g/mol. The minimum Gasteiger partial charge on any atom is -0.390 e. The Bertz CT molecular complexity index is 683. The molecule has 0 aliphatic heterocycles. The van der Waals surface area contributed by atoms with Crippen molar-refractivity contribution in [3.63, 3.8) is 0 Å². The van der Waals surface area contributed by atoms with Gasteiger partial charge in [0.1, 0.15) is 5.69 Å². The number of para-hydroxylation sites is 1. The number of hydrogen-bond acceptors (Lipinski definition) is 7. The molecule has 0 spiro atoms. The molecule has 2 aromatic rings. The van der Waals surface area contributed by atoms with Crippen molar-refractivity contribution in [1.82, 2.24) is 14.8 Å². The fraction of sp³-hybridized carbons (Fsp3) is 0.273. The van der Waals surface area contributed by atoms with Crippen LogP contribution in [0.25, 0.3) is 0 Å². The molecule has 0 unspecified atom stereocenters. The number of hydrogen-bond donors (Lipinski definition) is 1. The molecule has 1 aromatic carbocycles. The Morgan fingerprint density at radius 2 is 2.05 bits per heavy atom. The summed E-state index contributed by atoms with van der Waals surface area (Å²) in [5.41, 5.74) is 0.929. The Morgan fingerprint density at radius 3 is 2.62 bits per heavy atom. The van der Waals surface area contributed by atoms with E-state index < -0.39 is 15.8 Å². The van der Waals surface area contributed by atoms with Crippen molar-refractivity contribution < 1.29 is 9.85 Å². The van der Waals surface area contributed by atoms with Crippen molar-refractivity contribution in [2.75, 3.05) is 11.9 Å². The molecule has 2 rings (SSSR count). The van der Waals surface area contributed by atoms with Gasteiger partial charge in [-0.3, -0.25) is 10.1 Å². The van der Waals surface area contributed by atoms with Crippen molar-refractivity contribution in [2.24, 2.45) is 0 Å². The van der Waals surface area contributed by atoms with E-state index in [2.05, 4.69) is 15.4 Å². The maximum absolute atomic E-state index is 11.0. The molecule has 0 radical (unpaired) electrons. The lowest BCUT2D eigenvalue weighted by Crippen LogP contribution is -2.08. The lowest BCUT2D eigenvalue weighted by Gasteiger charge is -2.09. The van der Waals surface area contributed by atoms with Crippen LogP contribution >= 0.6 is 0 Å². The molecule has 1 N–H and O–H groups in total. The fourth-order valence-electron chi connectivity index (χ4n) is 1.87. The SMILES string of the molecule is CCNc1c(Cn2cnc([N+](=O)[O-])n2)cccc1[N+](=O)[O-]. The van der Waals surface area contributed by atoms with E-state index in [-0.39, 0.29) is 12.2 Å². The monoisotopic (exact) mass is 292 g/mol. The molecular weight excluding hydrogens is 280 g/mol. The quantitative estimate of drug-likeness (QED) is 0.631. The van der Waals surface area contributed by atoms with Gasteiger partial charge in [-0.15, -0.1) is 0 Å². The van der Waals surface area contributed by atoms with Crippen molar-refractivity contribution in [1.29, 1.82) is 0 Å². The van der Waals surface area contributed by atoms with Gasteiger partial charge < -0.3 is 15.4 Å². The van der Waals surface area contributed by atoms with Crippen molar-refractivity contribution in [3.05, 3.63) is 50.3 Å². The Labute approximate surface area is 118 Å². The summed E-state index contributed by atoms with van der Waals surface area (Å²) in [5, 5.41) is 28.2. The molecule has 0 bridgehead atoms. The standard InChI is InChI=1S/C11H12N6O4/c1-2-12-10-8(4-3-5-9(10)16(18)19)6-15-7-13-11(14-15)17(20)21/h3-5,7,12H,2,6H2,1H3. The van der Waals surface area contributed by atoms with E-state index in [1.807, 2.05) is 6.92 Å². The van der Waals surface area contributed by atoms with E-state index in [4.69, 9.17) is 0 Å². The number of aromatic nitrogens is 3. The Kier molecular flexibility index (Phi) is 4.07. The largest absolute Gasteiger partial charge is 0.490 e. The average Bonchev–Trinajstić information content (AvgIpc) is 2.89. The van der Waals surface area contributed by atoms with Crippen LogP contribution in [-0.4, -0.2) is 31.2 Å². The van der Waals surface area contributed by atoms with E-state index in [0.717, 1.165) is 0 Å². The first-order valence-electron chi connectivity index (χ1n) is 6.07. The molecule has 10 nitrogen and oxygen atoms in total. The van der Waals surface area contributed by atoms with Crippen LogP contribution in [0, 0.1) is 20.2 Å². The molecule has 0 aliphatic rings. The van der Waals surface area contributed by atoms with Gasteiger partial charge in [0.25, 0.3) is 5.69 Å². The Balaban J connectivity index is 2.36. The lowest BCUT2D eigenvalue weighted by atomic mass is 10.1. The molecule has 110 valence electrons. The highest BCUT2D eigenvalue weighted by atomic mass is 16.6. The highest BCUT2D eigenvalue weighted by molar-refractivity contribution is 5.66. The molecule has 0 aliphatic carbocycles. The summed E-state index contributed by atoms with van der Waals surface area (Å²) in [6.45, 7) is 2.47. The van der Waals surface area contributed by atoms with E-state index in [1.165, 1.54) is 17.1 Å². The molecule has 0 saturated carbocycles. The zero-order valence-corrected chi connectivity index (χ0v) is 11.1. The van der Waals surface area contributed by atoms with Crippen molar-refractivity contribution >= 4 is 17.3 Å². The maximum atomic E-state index is 11.0. The van der Waals surface area contributed by atoms with Gasteiger partial charge in [0.2, 0.25) is 6.33 Å². The van der Waals surface area contributed by atoms with Gasteiger partial charge in [0, 0.05) is 23.3 Å². The van der Waals surface area contributed by atoms with E-state index in [0.29, 0.717) is 17.8 Å². The lowest BCUT2D eigenvalue weighted by molar-refractivity contribution is -0.394. The van der Waals surface area contributed by atoms with Crippen molar-refractivity contribution in [3.8, 4) is 0 Å². The second kappa shape index (κ2) is 5.94. The third kappa shape index (κ3) is 3.11. The summed E-state index contributed by atoms with van der Waals surface area (Å²) in [5.74, 6) is -0.509. The summed E-state index contributed by atoms with van der Waals surface area (Å²) < 4.78 is 1.26. The van der Waals surface area contributed by atoms with Crippen LogP contribution in [-0.2, 0) is 6.54 Å². The second-order valence-corrected chi connectivity index (χ2v) is 4.10. The van der Waals surface area contributed by atoms with Crippen LogP contribution in [0.3, 0.4) is 0 Å². The number of nitrogens with zero attached hydrogens (tertiary/aromatic N) is 5. The van der Waals surface area contributed by atoms with Crippen LogP contribution in [0.15, 0.2) is 24.5 Å². The van der Waals surface area contributed by atoms with Gasteiger partial charge in [0.05, 0.1) is 11.5 Å². The number of benzene rings is 1. The first-order chi connectivity index (χ1) is 10.0. The highest BCUT2D eigenvalue weighted by Crippen LogP contribution is 2.28. The first-order valence-corrected chi connectivity index (χ1v) is 6.07. The third-order valence-corrected chi connectivity index (χ3v) is 2.70. The highest BCUT2D eigenvalue weighted by Gasteiger charge is 2.19. The number of anilines is 1. The van der Waals surface area contributed by atoms with Gasteiger partial charge in [-0.2, -0.15) is 4.68 Å². The van der Waals surface area contributed by atoms with Crippen LogP contribution in [0.5, 0.6) is 0 Å². The van der Waals surface area contributed by atoms with Crippen LogP contribution in [0.4, 0.5) is 17.3 Å². The molecule has 0 atom stereocenters. The molecular formula is C11H12N6O4. The van der Waals surface area contributed by atoms with E-state index in [1.54, 1.807) is 12.1 Å². The molecule has 10 heteroatoms. The van der Waals surface area contributed by atoms with Crippen LogP contribution in [0.2, 0.25) is 0 Å². The van der Waals surface area contributed by atoms with Gasteiger partial charge in [-0.05, 0) is 11.8 Å². The van der Waals surface area contributed by atoms with Gasteiger partial charge in [0.15, 0.2) is 0 Å². The molecule has 1 aromatic heterocycles. The fourth-order valence-corrected chi connectivity index (χ4v) is 1.87. The van der Waals surface area contributed by atoms with Gasteiger partial charge in [-0.1, -0.05) is 17.1 Å². The summed E-state index contributed by atoms with van der Waals surface area (Å²) in [6, 6.07) is 4.64. The zero-order chi connectivity index (χ0) is 15.4. The molecule has 0 amide bonds. The zero-order valence-electron chi connectivity index (χ0n) is 11.1. The molecule has 1 heterocycles. The van der Waals surface area contributed by atoms with Gasteiger partial charge in [-0.25, -0.2) is 0 Å². The number of nitro groups is 2. The predicted molar refractivity (Wildman–Crippen MR) is 73.0 cm³/mol. The normalized spacial score (nSPS) is 10.3. The summed E-state index contributed by atoms with van der Waals surface area (Å²) in [7, 11) is 0. The summed E-state index contributed by atoms with van der Waals surface area (Å²) in [6.07, 6.45) is 1.21. The number of rotatable bonds is 6. The smallest absolute Gasteiger partial charge is 0.390 e. The summed E-state index contributed by atoms with van der Waals surface area (Å²) >= 11 is 0. The van der Waals surface area contributed by atoms with Crippen LogP contribution < -0.4 is 5.32 Å². The second-order valence-electron chi connectivity index (χ2n) is 4.10. The third-order valence-electron chi connectivity index (χ3n) is 2.70.